The van der Waals surface area contributed by atoms with Gasteiger partial charge in [-0.3, -0.25) is 5.41 Å². The van der Waals surface area contributed by atoms with Crippen LogP contribution in [0, 0.1) is 5.41 Å². The van der Waals surface area contributed by atoms with Crippen LogP contribution >= 0.6 is 0 Å². The molecule has 0 atom stereocenters. The Balaban J connectivity index is 2.18. The highest BCUT2D eigenvalue weighted by atomic mass is 15.1. The third kappa shape index (κ3) is 2.05. The van der Waals surface area contributed by atoms with Crippen LogP contribution in [0.4, 0.5) is 0 Å². The first kappa shape index (κ1) is 11.5. The van der Waals surface area contributed by atoms with Gasteiger partial charge in [0.25, 0.3) is 0 Å². The number of nitrogens with zero attached hydrogens (tertiary/aromatic N) is 2. The minimum atomic E-state index is 0.637. The zero-order valence-electron chi connectivity index (χ0n) is 10.7. The van der Waals surface area contributed by atoms with Crippen LogP contribution in [-0.4, -0.2) is 9.55 Å². The molecule has 0 radical (unpaired) electrons. The molecule has 3 heteroatoms. The van der Waals surface area contributed by atoms with Gasteiger partial charge in [0.15, 0.2) is 0 Å². The number of rotatable bonds is 0. The highest BCUT2D eigenvalue weighted by Crippen LogP contribution is 2.14. The first-order valence-electron chi connectivity index (χ1n) is 6.89. The van der Waals surface area contributed by atoms with Crippen LogP contribution in [0.5, 0.6) is 0 Å². The number of para-hydroxylation sites is 1. The molecule has 3 nitrogen and oxygen atoms in total. The summed E-state index contributed by atoms with van der Waals surface area (Å²) in [5, 5.41) is 9.35. The molecule has 0 spiro atoms. The summed E-state index contributed by atoms with van der Waals surface area (Å²) < 4.78 is 2.12. The van der Waals surface area contributed by atoms with Gasteiger partial charge in [-0.25, -0.2) is 4.98 Å². The molecule has 94 valence electrons. The summed E-state index contributed by atoms with van der Waals surface area (Å²) in [6, 6.07) is 8.01. The summed E-state index contributed by atoms with van der Waals surface area (Å²) in [6.45, 7) is 0.950. The molecule has 0 saturated carbocycles. The Bertz CT molecular complexity index is 613. The Labute approximate surface area is 107 Å². The highest BCUT2D eigenvalue weighted by Gasteiger charge is 2.09. The van der Waals surface area contributed by atoms with E-state index in [9.17, 15) is 0 Å². The molecule has 3 rings (SSSR count). The number of aromatic nitrogens is 2. The van der Waals surface area contributed by atoms with Gasteiger partial charge in [0, 0.05) is 18.4 Å². The van der Waals surface area contributed by atoms with E-state index in [-0.39, 0.29) is 0 Å². The zero-order chi connectivity index (χ0) is 12.4. The van der Waals surface area contributed by atoms with Crippen molar-refractivity contribution in [1.82, 2.24) is 9.55 Å². The average Bonchev–Trinajstić information content (AvgIpc) is 2.51. The fourth-order valence-corrected chi connectivity index (χ4v) is 2.76. The van der Waals surface area contributed by atoms with Crippen LogP contribution in [0.15, 0.2) is 24.3 Å². The molecule has 1 aromatic carbocycles. The lowest BCUT2D eigenvalue weighted by Crippen LogP contribution is -2.25. The van der Waals surface area contributed by atoms with Crippen molar-refractivity contribution in [2.75, 3.05) is 0 Å². The van der Waals surface area contributed by atoms with Crippen molar-refractivity contribution in [3.8, 4) is 0 Å². The Morgan fingerprint density at radius 2 is 1.78 bits per heavy atom. The fourth-order valence-electron chi connectivity index (χ4n) is 2.76. The molecule has 0 bridgehead atoms. The average molecular weight is 241 g/mol. The third-order valence-electron chi connectivity index (χ3n) is 3.77. The van der Waals surface area contributed by atoms with Gasteiger partial charge >= 0.3 is 0 Å². The van der Waals surface area contributed by atoms with E-state index in [1.54, 1.807) is 0 Å². The van der Waals surface area contributed by atoms with Crippen molar-refractivity contribution in [3.05, 3.63) is 35.6 Å². The zero-order valence-corrected chi connectivity index (χ0v) is 10.7. The van der Waals surface area contributed by atoms with Crippen LogP contribution in [0.25, 0.3) is 10.9 Å². The van der Waals surface area contributed by atoms with E-state index in [0.29, 0.717) is 5.49 Å². The lowest BCUT2D eigenvalue weighted by atomic mass is 10.1. The lowest BCUT2D eigenvalue weighted by molar-refractivity contribution is 0.561. The van der Waals surface area contributed by atoms with E-state index in [2.05, 4.69) is 4.57 Å². The summed E-state index contributed by atoms with van der Waals surface area (Å²) in [7, 11) is 0. The van der Waals surface area contributed by atoms with Crippen LogP contribution in [-0.2, 0) is 13.0 Å². The number of hydrogen-bond acceptors (Lipinski definition) is 2. The summed E-state index contributed by atoms with van der Waals surface area (Å²) >= 11 is 0. The Hall–Kier alpha value is -1.64. The largest absolute Gasteiger partial charge is 0.314 e. The maximum atomic E-state index is 8.38. The molecule has 1 aliphatic rings. The first-order chi connectivity index (χ1) is 8.86. The Kier molecular flexibility index (Phi) is 3.13. The van der Waals surface area contributed by atoms with Crippen LogP contribution in [0.3, 0.4) is 0 Å². The molecular formula is C15H19N3. The van der Waals surface area contributed by atoms with Gasteiger partial charge in [0.1, 0.15) is 11.3 Å². The SMILES string of the molecule is N=c1c2ccccc2nc2n1CCCCCCC2. The van der Waals surface area contributed by atoms with E-state index in [1.807, 2.05) is 24.3 Å². The number of hydrogen-bond donors (Lipinski definition) is 1. The minimum absolute atomic E-state index is 0.637. The fraction of sp³-hybridized carbons (Fsp3) is 0.467. The molecule has 0 unspecified atom stereocenters. The number of fused-ring (bicyclic) bond motifs is 2. The Morgan fingerprint density at radius 1 is 1.00 bits per heavy atom. The molecule has 0 fully saturated rings. The monoisotopic (exact) mass is 241 g/mol. The second kappa shape index (κ2) is 4.92. The quantitative estimate of drug-likeness (QED) is 0.757. The van der Waals surface area contributed by atoms with Crippen LogP contribution in [0.1, 0.15) is 37.9 Å². The third-order valence-corrected chi connectivity index (χ3v) is 3.77. The number of benzene rings is 1. The van der Waals surface area contributed by atoms with Crippen LogP contribution in [0.2, 0.25) is 0 Å². The van der Waals surface area contributed by atoms with Crippen molar-refractivity contribution in [2.45, 2.75) is 45.1 Å². The molecule has 1 aromatic heterocycles. The lowest BCUT2D eigenvalue weighted by Gasteiger charge is -2.13. The van der Waals surface area contributed by atoms with Gasteiger partial charge in [0.05, 0.1) is 5.52 Å². The molecule has 0 saturated heterocycles. The smallest absolute Gasteiger partial charge is 0.135 e. The molecule has 1 N–H and O–H groups in total. The maximum absolute atomic E-state index is 8.38. The second-order valence-corrected chi connectivity index (χ2v) is 5.06. The van der Waals surface area contributed by atoms with Crippen molar-refractivity contribution in [3.63, 3.8) is 0 Å². The molecular weight excluding hydrogens is 222 g/mol. The molecule has 18 heavy (non-hydrogen) atoms. The number of nitrogens with one attached hydrogen (secondary N) is 1. The second-order valence-electron chi connectivity index (χ2n) is 5.06. The van der Waals surface area contributed by atoms with Gasteiger partial charge in [-0.15, -0.1) is 0 Å². The van der Waals surface area contributed by atoms with E-state index in [1.165, 1.54) is 32.1 Å². The van der Waals surface area contributed by atoms with E-state index >= 15 is 0 Å². The van der Waals surface area contributed by atoms with E-state index in [4.69, 9.17) is 10.4 Å². The summed E-state index contributed by atoms with van der Waals surface area (Å²) in [6.07, 6.45) is 7.27. The van der Waals surface area contributed by atoms with Gasteiger partial charge in [-0.2, -0.15) is 0 Å². The topological polar surface area (TPSA) is 41.7 Å². The van der Waals surface area contributed by atoms with E-state index in [0.717, 1.165) is 29.7 Å². The highest BCUT2D eigenvalue weighted by molar-refractivity contribution is 5.76. The van der Waals surface area contributed by atoms with E-state index < -0.39 is 0 Å². The normalized spacial score (nSPS) is 16.7. The van der Waals surface area contributed by atoms with Gasteiger partial charge in [-0.1, -0.05) is 31.4 Å². The van der Waals surface area contributed by atoms with Crippen molar-refractivity contribution in [2.24, 2.45) is 0 Å². The van der Waals surface area contributed by atoms with Crippen molar-refractivity contribution >= 4 is 10.9 Å². The summed E-state index contributed by atoms with van der Waals surface area (Å²) in [5.41, 5.74) is 1.60. The van der Waals surface area contributed by atoms with Crippen molar-refractivity contribution in [1.29, 1.82) is 5.41 Å². The Morgan fingerprint density at radius 3 is 2.72 bits per heavy atom. The standard InChI is InChI=1S/C15H19N3/c16-15-12-8-5-6-9-13(12)17-14-10-4-2-1-3-7-11-18(14)15/h5-6,8-9,16H,1-4,7,10-11H2. The van der Waals surface area contributed by atoms with Gasteiger partial charge < -0.3 is 4.57 Å². The van der Waals surface area contributed by atoms with Gasteiger partial charge in [-0.05, 0) is 25.0 Å². The predicted molar refractivity (Wildman–Crippen MR) is 72.4 cm³/mol. The maximum Gasteiger partial charge on any atom is 0.135 e. The minimum Gasteiger partial charge on any atom is -0.314 e. The first-order valence-corrected chi connectivity index (χ1v) is 6.89. The molecule has 2 aromatic rings. The molecule has 2 heterocycles. The number of aryl methyl sites for hydroxylation is 1. The van der Waals surface area contributed by atoms with Crippen molar-refractivity contribution < 1.29 is 0 Å². The van der Waals surface area contributed by atoms with Crippen LogP contribution < -0.4 is 5.49 Å². The van der Waals surface area contributed by atoms with Gasteiger partial charge in [0.2, 0.25) is 0 Å². The molecule has 1 aliphatic heterocycles. The molecule has 0 amide bonds. The predicted octanol–water partition coefficient (Wildman–Crippen LogP) is 3.02. The molecule has 0 aliphatic carbocycles. The summed E-state index contributed by atoms with van der Waals surface area (Å²) in [5.74, 6) is 1.10. The summed E-state index contributed by atoms with van der Waals surface area (Å²) in [4.78, 5) is 4.76.